The van der Waals surface area contributed by atoms with Crippen LogP contribution in [0.2, 0.25) is 0 Å². The van der Waals surface area contributed by atoms with Crippen molar-refractivity contribution >= 4 is 17.3 Å². The SMILES string of the molecule is CN(C)c1ccc(NC(=O)C2CNCCO2)cc1. The van der Waals surface area contributed by atoms with Gasteiger partial charge in [-0.25, -0.2) is 0 Å². The van der Waals surface area contributed by atoms with Crippen LogP contribution in [0.25, 0.3) is 0 Å². The molecule has 0 aromatic heterocycles. The number of nitrogens with one attached hydrogen (secondary N) is 2. The van der Waals surface area contributed by atoms with Crippen LogP contribution in [-0.2, 0) is 9.53 Å². The lowest BCUT2D eigenvalue weighted by molar-refractivity contribution is -0.128. The average molecular weight is 249 g/mol. The lowest BCUT2D eigenvalue weighted by atomic mass is 10.2. The monoisotopic (exact) mass is 249 g/mol. The summed E-state index contributed by atoms with van der Waals surface area (Å²) >= 11 is 0. The van der Waals surface area contributed by atoms with Crippen LogP contribution in [0.1, 0.15) is 0 Å². The third-order valence-corrected chi connectivity index (χ3v) is 2.87. The molecule has 0 radical (unpaired) electrons. The van der Waals surface area contributed by atoms with E-state index in [2.05, 4.69) is 10.6 Å². The van der Waals surface area contributed by atoms with Gasteiger partial charge < -0.3 is 20.3 Å². The third kappa shape index (κ3) is 3.21. The molecule has 2 rings (SSSR count). The summed E-state index contributed by atoms with van der Waals surface area (Å²) < 4.78 is 5.39. The Morgan fingerprint density at radius 2 is 2.11 bits per heavy atom. The number of hydrogen-bond donors (Lipinski definition) is 2. The van der Waals surface area contributed by atoms with Crippen LogP contribution in [0, 0.1) is 0 Å². The number of amides is 1. The van der Waals surface area contributed by atoms with Crippen LogP contribution >= 0.6 is 0 Å². The first-order valence-electron chi connectivity index (χ1n) is 6.07. The van der Waals surface area contributed by atoms with E-state index >= 15 is 0 Å². The molecule has 1 saturated heterocycles. The first-order chi connectivity index (χ1) is 8.66. The van der Waals surface area contributed by atoms with Crippen LogP contribution in [0.3, 0.4) is 0 Å². The molecule has 1 aromatic carbocycles. The maximum Gasteiger partial charge on any atom is 0.254 e. The van der Waals surface area contributed by atoms with E-state index in [4.69, 9.17) is 4.74 Å². The Bertz CT molecular complexity index is 397. The zero-order valence-corrected chi connectivity index (χ0v) is 10.8. The number of benzene rings is 1. The van der Waals surface area contributed by atoms with E-state index in [9.17, 15) is 4.79 Å². The maximum absolute atomic E-state index is 11.9. The Balaban J connectivity index is 1.94. The number of anilines is 2. The number of carbonyl (C=O) groups excluding carboxylic acids is 1. The third-order valence-electron chi connectivity index (χ3n) is 2.87. The second-order valence-electron chi connectivity index (χ2n) is 4.49. The lowest BCUT2D eigenvalue weighted by Crippen LogP contribution is -2.45. The molecule has 98 valence electrons. The normalized spacial score (nSPS) is 19.3. The second-order valence-corrected chi connectivity index (χ2v) is 4.49. The summed E-state index contributed by atoms with van der Waals surface area (Å²) in [7, 11) is 3.96. The van der Waals surface area contributed by atoms with Crippen molar-refractivity contribution in [3.05, 3.63) is 24.3 Å². The molecule has 1 atom stereocenters. The minimum atomic E-state index is -0.396. The van der Waals surface area contributed by atoms with Gasteiger partial charge in [-0.2, -0.15) is 0 Å². The van der Waals surface area contributed by atoms with E-state index in [1.165, 1.54) is 0 Å². The van der Waals surface area contributed by atoms with E-state index in [-0.39, 0.29) is 5.91 Å². The van der Waals surface area contributed by atoms with Gasteiger partial charge in [-0.15, -0.1) is 0 Å². The molecule has 5 nitrogen and oxygen atoms in total. The fourth-order valence-electron chi connectivity index (χ4n) is 1.80. The molecule has 0 aliphatic carbocycles. The summed E-state index contributed by atoms with van der Waals surface area (Å²) in [6.45, 7) is 1.96. The molecule has 1 aliphatic heterocycles. The van der Waals surface area contributed by atoms with E-state index in [0.29, 0.717) is 13.2 Å². The fraction of sp³-hybridized carbons (Fsp3) is 0.462. The predicted molar refractivity (Wildman–Crippen MR) is 72.0 cm³/mol. The summed E-state index contributed by atoms with van der Waals surface area (Å²) in [5, 5.41) is 5.99. The van der Waals surface area contributed by atoms with Crippen molar-refractivity contribution in [3.8, 4) is 0 Å². The molecule has 0 saturated carbocycles. The molecular weight excluding hydrogens is 230 g/mol. The topological polar surface area (TPSA) is 53.6 Å². The van der Waals surface area contributed by atoms with Crippen LogP contribution < -0.4 is 15.5 Å². The van der Waals surface area contributed by atoms with Crippen LogP contribution in [0.5, 0.6) is 0 Å². The van der Waals surface area contributed by atoms with Gasteiger partial charge in [0.2, 0.25) is 0 Å². The predicted octanol–water partition coefficient (Wildman–Crippen LogP) is 0.679. The van der Waals surface area contributed by atoms with Crippen LogP contribution in [0.15, 0.2) is 24.3 Å². The molecule has 18 heavy (non-hydrogen) atoms. The van der Waals surface area contributed by atoms with E-state index < -0.39 is 6.10 Å². The Labute approximate surface area is 107 Å². The average Bonchev–Trinajstić information content (AvgIpc) is 2.40. The summed E-state index contributed by atoms with van der Waals surface area (Å²) in [4.78, 5) is 13.9. The summed E-state index contributed by atoms with van der Waals surface area (Å²) in [5.41, 5.74) is 1.89. The smallest absolute Gasteiger partial charge is 0.254 e. The lowest BCUT2D eigenvalue weighted by Gasteiger charge is -2.22. The number of hydrogen-bond acceptors (Lipinski definition) is 4. The molecule has 5 heteroatoms. The van der Waals surface area contributed by atoms with Gasteiger partial charge in [-0.3, -0.25) is 4.79 Å². The molecule has 1 aromatic rings. The summed E-state index contributed by atoms with van der Waals surface area (Å²) in [6.07, 6.45) is -0.396. The van der Waals surface area contributed by atoms with E-state index in [0.717, 1.165) is 17.9 Å². The molecule has 0 spiro atoms. The standard InChI is InChI=1S/C13H19N3O2/c1-16(2)11-5-3-10(4-6-11)15-13(17)12-9-14-7-8-18-12/h3-6,12,14H,7-9H2,1-2H3,(H,15,17). The van der Waals surface area contributed by atoms with Gasteiger partial charge in [0, 0.05) is 38.6 Å². The first-order valence-corrected chi connectivity index (χ1v) is 6.07. The highest BCUT2D eigenvalue weighted by molar-refractivity contribution is 5.94. The summed E-state index contributed by atoms with van der Waals surface area (Å²) in [6, 6.07) is 7.72. The number of morpholine rings is 1. The molecular formula is C13H19N3O2. The van der Waals surface area contributed by atoms with Crippen LogP contribution in [0.4, 0.5) is 11.4 Å². The highest BCUT2D eigenvalue weighted by Gasteiger charge is 2.21. The molecule has 1 fully saturated rings. The number of carbonyl (C=O) groups is 1. The van der Waals surface area contributed by atoms with Crippen LogP contribution in [-0.4, -0.2) is 45.8 Å². The van der Waals surface area contributed by atoms with Gasteiger partial charge in [0.25, 0.3) is 5.91 Å². The zero-order valence-electron chi connectivity index (χ0n) is 10.8. The van der Waals surface area contributed by atoms with Gasteiger partial charge in [0.15, 0.2) is 0 Å². The van der Waals surface area contributed by atoms with Gasteiger partial charge in [0.05, 0.1) is 6.61 Å². The quantitative estimate of drug-likeness (QED) is 0.827. The van der Waals surface area contributed by atoms with Crippen molar-refractivity contribution in [3.63, 3.8) is 0 Å². The minimum absolute atomic E-state index is 0.0974. The number of ether oxygens (including phenoxy) is 1. The zero-order chi connectivity index (χ0) is 13.0. The van der Waals surface area contributed by atoms with Crippen molar-refractivity contribution in [1.29, 1.82) is 0 Å². The Morgan fingerprint density at radius 1 is 1.39 bits per heavy atom. The van der Waals surface area contributed by atoms with Gasteiger partial charge in [-0.1, -0.05) is 0 Å². The van der Waals surface area contributed by atoms with Crippen molar-refractivity contribution in [1.82, 2.24) is 5.32 Å². The number of nitrogens with zero attached hydrogens (tertiary/aromatic N) is 1. The first kappa shape index (κ1) is 12.9. The molecule has 1 aliphatic rings. The Morgan fingerprint density at radius 3 is 2.67 bits per heavy atom. The van der Waals surface area contributed by atoms with Gasteiger partial charge >= 0.3 is 0 Å². The number of rotatable bonds is 3. The maximum atomic E-state index is 11.9. The second kappa shape index (κ2) is 5.84. The molecule has 2 N–H and O–H groups in total. The highest BCUT2D eigenvalue weighted by Crippen LogP contribution is 2.16. The molecule has 1 unspecified atom stereocenters. The minimum Gasteiger partial charge on any atom is -0.378 e. The highest BCUT2D eigenvalue weighted by atomic mass is 16.5. The molecule has 1 heterocycles. The molecule has 0 bridgehead atoms. The Kier molecular flexibility index (Phi) is 4.17. The van der Waals surface area contributed by atoms with Crippen molar-refractivity contribution in [2.75, 3.05) is 44.0 Å². The van der Waals surface area contributed by atoms with Crippen molar-refractivity contribution < 1.29 is 9.53 Å². The molecule has 1 amide bonds. The van der Waals surface area contributed by atoms with E-state index in [1.54, 1.807) is 0 Å². The van der Waals surface area contributed by atoms with Crippen molar-refractivity contribution in [2.45, 2.75) is 6.10 Å². The van der Waals surface area contributed by atoms with Gasteiger partial charge in [-0.05, 0) is 24.3 Å². The largest absolute Gasteiger partial charge is 0.378 e. The van der Waals surface area contributed by atoms with Gasteiger partial charge in [0.1, 0.15) is 6.10 Å². The fourth-order valence-corrected chi connectivity index (χ4v) is 1.80. The van der Waals surface area contributed by atoms with Crippen molar-refractivity contribution in [2.24, 2.45) is 0 Å². The van der Waals surface area contributed by atoms with E-state index in [1.807, 2.05) is 43.3 Å². The summed E-state index contributed by atoms with van der Waals surface area (Å²) in [5.74, 6) is -0.0974. The Hall–Kier alpha value is -1.59.